The van der Waals surface area contributed by atoms with Gasteiger partial charge in [-0.3, -0.25) is 0 Å². The van der Waals surface area contributed by atoms with E-state index in [1.807, 2.05) is 6.07 Å². The van der Waals surface area contributed by atoms with Gasteiger partial charge < -0.3 is 10.6 Å². The van der Waals surface area contributed by atoms with Crippen LogP contribution in [0.1, 0.15) is 36.8 Å². The van der Waals surface area contributed by atoms with Gasteiger partial charge in [0.15, 0.2) is 5.96 Å². The maximum Gasteiger partial charge on any atom is 0.191 e. The molecule has 0 radical (unpaired) electrons. The fraction of sp³-hybridized carbons (Fsp3) is 0.467. The van der Waals surface area contributed by atoms with Crippen LogP contribution in [0.25, 0.3) is 0 Å². The van der Waals surface area contributed by atoms with Crippen LogP contribution in [-0.4, -0.2) is 23.9 Å². The van der Waals surface area contributed by atoms with Crippen molar-refractivity contribution in [2.75, 3.05) is 13.1 Å². The number of guanidine groups is 1. The Balaban J connectivity index is 2.06. The molecule has 1 fully saturated rings. The van der Waals surface area contributed by atoms with E-state index in [-0.39, 0.29) is 12.4 Å². The summed E-state index contributed by atoms with van der Waals surface area (Å²) < 4.78 is 13.6. The molecule has 0 unspecified atom stereocenters. The summed E-state index contributed by atoms with van der Waals surface area (Å²) in [7, 11) is 0. The molecule has 2 N–H and O–H groups in total. The molecule has 2 rings (SSSR count). The molecule has 1 aliphatic heterocycles. The minimum atomic E-state index is -0.351. The van der Waals surface area contributed by atoms with E-state index >= 15 is 0 Å². The molecule has 0 bridgehead atoms. The first-order chi connectivity index (χ1) is 9.70. The van der Waals surface area contributed by atoms with E-state index in [0.29, 0.717) is 17.1 Å². The molecule has 20 heavy (non-hydrogen) atoms. The Hall–Kier alpha value is -2.09. The molecule has 4 nitrogen and oxygen atoms in total. The van der Waals surface area contributed by atoms with Crippen LogP contribution in [0.5, 0.6) is 0 Å². The Morgan fingerprint density at radius 1 is 1.30 bits per heavy atom. The lowest BCUT2D eigenvalue weighted by atomic mass is 10.1. The summed E-state index contributed by atoms with van der Waals surface area (Å²) in [4.78, 5) is 6.32. The van der Waals surface area contributed by atoms with Gasteiger partial charge in [0.25, 0.3) is 0 Å². The van der Waals surface area contributed by atoms with Gasteiger partial charge in [-0.15, -0.1) is 0 Å². The van der Waals surface area contributed by atoms with E-state index in [4.69, 9.17) is 11.0 Å². The highest BCUT2D eigenvalue weighted by molar-refractivity contribution is 5.78. The summed E-state index contributed by atoms with van der Waals surface area (Å²) in [5, 5.41) is 8.82. The van der Waals surface area contributed by atoms with Gasteiger partial charge in [-0.05, 0) is 31.0 Å². The van der Waals surface area contributed by atoms with Crippen molar-refractivity contribution in [2.45, 2.75) is 32.2 Å². The van der Waals surface area contributed by atoms with Crippen LogP contribution < -0.4 is 5.73 Å². The number of nitrogens with two attached hydrogens (primary N) is 1. The molecule has 5 heteroatoms. The number of nitrogens with zero attached hydrogens (tertiary/aromatic N) is 3. The minimum absolute atomic E-state index is 0.170. The number of aliphatic imine (C=N–C) groups is 1. The summed E-state index contributed by atoms with van der Waals surface area (Å²) in [6, 6.07) is 6.28. The topological polar surface area (TPSA) is 65.4 Å². The summed E-state index contributed by atoms with van der Waals surface area (Å²) in [6.07, 6.45) is 4.69. The average Bonchev–Trinajstić information content (AvgIpc) is 2.75. The van der Waals surface area contributed by atoms with Crippen molar-refractivity contribution in [3.63, 3.8) is 0 Å². The first-order valence-corrected chi connectivity index (χ1v) is 6.94. The third kappa shape index (κ3) is 3.70. The Bertz CT molecular complexity index is 525. The predicted molar refractivity (Wildman–Crippen MR) is 76.5 cm³/mol. The van der Waals surface area contributed by atoms with Crippen molar-refractivity contribution in [3.8, 4) is 6.07 Å². The van der Waals surface area contributed by atoms with Gasteiger partial charge >= 0.3 is 0 Å². The number of nitriles is 1. The van der Waals surface area contributed by atoms with Gasteiger partial charge in [0.1, 0.15) is 5.82 Å². The Morgan fingerprint density at radius 2 is 2.00 bits per heavy atom. The van der Waals surface area contributed by atoms with E-state index in [0.717, 1.165) is 25.9 Å². The molecule has 0 aromatic heterocycles. The van der Waals surface area contributed by atoms with Crippen molar-refractivity contribution in [2.24, 2.45) is 10.7 Å². The van der Waals surface area contributed by atoms with E-state index in [1.165, 1.54) is 31.0 Å². The molecule has 0 spiro atoms. The fourth-order valence-corrected chi connectivity index (χ4v) is 2.33. The Labute approximate surface area is 118 Å². The monoisotopic (exact) mass is 274 g/mol. The number of likely N-dealkylation sites (tertiary alicyclic amines) is 1. The molecule has 1 aromatic rings. The second kappa shape index (κ2) is 6.90. The van der Waals surface area contributed by atoms with Crippen LogP contribution in [0.2, 0.25) is 0 Å². The third-order valence-corrected chi connectivity index (χ3v) is 3.52. The maximum absolute atomic E-state index is 13.6. The van der Waals surface area contributed by atoms with Crippen molar-refractivity contribution < 1.29 is 4.39 Å². The lowest BCUT2D eigenvalue weighted by molar-refractivity contribution is 0.428. The summed E-state index contributed by atoms with van der Waals surface area (Å²) >= 11 is 0. The normalized spacial score (nSPS) is 16.6. The van der Waals surface area contributed by atoms with Crippen LogP contribution in [0, 0.1) is 17.1 Å². The number of rotatable bonds is 2. The smallest absolute Gasteiger partial charge is 0.191 e. The summed E-state index contributed by atoms with van der Waals surface area (Å²) in [5.41, 5.74) is 6.81. The van der Waals surface area contributed by atoms with Gasteiger partial charge in [0.05, 0.1) is 18.2 Å². The average molecular weight is 274 g/mol. The van der Waals surface area contributed by atoms with Crippen LogP contribution in [0.15, 0.2) is 23.2 Å². The van der Waals surface area contributed by atoms with Gasteiger partial charge in [-0.1, -0.05) is 12.8 Å². The first kappa shape index (κ1) is 14.3. The molecule has 106 valence electrons. The zero-order chi connectivity index (χ0) is 14.4. The second-order valence-corrected chi connectivity index (χ2v) is 4.99. The van der Waals surface area contributed by atoms with Crippen molar-refractivity contribution in [1.29, 1.82) is 5.26 Å². The highest BCUT2D eigenvalue weighted by Crippen LogP contribution is 2.13. The van der Waals surface area contributed by atoms with Crippen LogP contribution in [-0.2, 0) is 6.54 Å². The molecule has 1 aromatic carbocycles. The van der Waals surface area contributed by atoms with Gasteiger partial charge in [0, 0.05) is 18.7 Å². The van der Waals surface area contributed by atoms with Crippen LogP contribution >= 0.6 is 0 Å². The molecule has 1 heterocycles. The fourth-order valence-electron chi connectivity index (χ4n) is 2.33. The van der Waals surface area contributed by atoms with Crippen molar-refractivity contribution >= 4 is 5.96 Å². The number of benzene rings is 1. The summed E-state index contributed by atoms with van der Waals surface area (Å²) in [5.74, 6) is 0.116. The molecule has 0 atom stereocenters. The SMILES string of the molecule is N#Cc1ccc(F)c(CN=C(N)N2CCCCCC2)c1. The van der Waals surface area contributed by atoms with Crippen molar-refractivity contribution in [3.05, 3.63) is 35.1 Å². The van der Waals surface area contributed by atoms with Crippen LogP contribution in [0.4, 0.5) is 4.39 Å². The molecule has 1 aliphatic rings. The standard InChI is InChI=1S/C15H19FN4/c16-14-6-5-12(10-17)9-13(14)11-19-15(18)20-7-3-1-2-4-8-20/h5-6,9H,1-4,7-8,11H2,(H2,18,19). The van der Waals surface area contributed by atoms with Crippen molar-refractivity contribution in [1.82, 2.24) is 4.90 Å². The van der Waals surface area contributed by atoms with E-state index < -0.39 is 0 Å². The summed E-state index contributed by atoms with van der Waals surface area (Å²) in [6.45, 7) is 2.00. The van der Waals surface area contributed by atoms with E-state index in [9.17, 15) is 4.39 Å². The molecule has 0 saturated carbocycles. The van der Waals surface area contributed by atoms with Gasteiger partial charge in [0.2, 0.25) is 0 Å². The maximum atomic E-state index is 13.6. The number of hydrogen-bond acceptors (Lipinski definition) is 2. The van der Waals surface area contributed by atoms with Gasteiger partial charge in [-0.25, -0.2) is 9.38 Å². The zero-order valence-corrected chi connectivity index (χ0v) is 11.5. The zero-order valence-electron chi connectivity index (χ0n) is 11.5. The lowest BCUT2D eigenvalue weighted by Crippen LogP contribution is -2.38. The van der Waals surface area contributed by atoms with E-state index in [2.05, 4.69) is 9.89 Å². The minimum Gasteiger partial charge on any atom is -0.370 e. The molecule has 0 aliphatic carbocycles. The molecule has 0 amide bonds. The molecule has 1 saturated heterocycles. The first-order valence-electron chi connectivity index (χ1n) is 6.94. The number of hydrogen-bond donors (Lipinski definition) is 1. The second-order valence-electron chi connectivity index (χ2n) is 4.99. The van der Waals surface area contributed by atoms with E-state index in [1.54, 1.807) is 0 Å². The van der Waals surface area contributed by atoms with Crippen LogP contribution in [0.3, 0.4) is 0 Å². The number of halogens is 1. The third-order valence-electron chi connectivity index (χ3n) is 3.52. The highest BCUT2D eigenvalue weighted by Gasteiger charge is 2.11. The Morgan fingerprint density at radius 3 is 2.65 bits per heavy atom. The molecular weight excluding hydrogens is 255 g/mol. The predicted octanol–water partition coefficient (Wildman–Crippen LogP) is 2.39. The Kier molecular flexibility index (Phi) is 4.94. The quantitative estimate of drug-likeness (QED) is 0.665. The van der Waals surface area contributed by atoms with Gasteiger partial charge in [-0.2, -0.15) is 5.26 Å². The molecular formula is C15H19FN4. The largest absolute Gasteiger partial charge is 0.370 e. The highest BCUT2D eigenvalue weighted by atomic mass is 19.1. The lowest BCUT2D eigenvalue weighted by Gasteiger charge is -2.21.